The molecular formula is C14H11BrFNO. The van der Waals surface area contributed by atoms with Gasteiger partial charge in [-0.3, -0.25) is 4.79 Å². The fourth-order valence-electron chi connectivity index (χ4n) is 1.52. The van der Waals surface area contributed by atoms with Gasteiger partial charge in [0.2, 0.25) is 0 Å². The van der Waals surface area contributed by atoms with E-state index in [1.165, 1.54) is 12.1 Å². The molecule has 2 rings (SSSR count). The molecule has 0 saturated heterocycles. The molecule has 0 saturated carbocycles. The number of benzene rings is 2. The molecule has 0 unspecified atom stereocenters. The predicted octanol–water partition coefficient (Wildman–Crippen LogP) is 3.52. The van der Waals surface area contributed by atoms with Crippen LogP contribution in [-0.4, -0.2) is 5.91 Å². The van der Waals surface area contributed by atoms with E-state index in [1.807, 2.05) is 30.3 Å². The van der Waals surface area contributed by atoms with E-state index in [2.05, 4.69) is 21.2 Å². The predicted molar refractivity (Wildman–Crippen MR) is 71.7 cm³/mol. The van der Waals surface area contributed by atoms with Gasteiger partial charge in [-0.1, -0.05) is 30.3 Å². The summed E-state index contributed by atoms with van der Waals surface area (Å²) in [5.41, 5.74) is 1.31. The highest BCUT2D eigenvalue weighted by Crippen LogP contribution is 2.16. The average Bonchev–Trinajstić information content (AvgIpc) is 2.40. The first-order valence-electron chi connectivity index (χ1n) is 5.44. The zero-order chi connectivity index (χ0) is 13.0. The van der Waals surface area contributed by atoms with Crippen LogP contribution in [0.4, 0.5) is 4.39 Å². The number of halogens is 2. The molecule has 0 fully saturated rings. The summed E-state index contributed by atoms with van der Waals surface area (Å²) in [6.07, 6.45) is 0. The van der Waals surface area contributed by atoms with E-state index in [9.17, 15) is 9.18 Å². The van der Waals surface area contributed by atoms with Gasteiger partial charge in [0.25, 0.3) is 5.91 Å². The van der Waals surface area contributed by atoms with Gasteiger partial charge in [-0.2, -0.15) is 0 Å². The van der Waals surface area contributed by atoms with Crippen molar-refractivity contribution in [2.75, 3.05) is 0 Å². The van der Waals surface area contributed by atoms with E-state index in [1.54, 1.807) is 6.07 Å². The van der Waals surface area contributed by atoms with Crippen molar-refractivity contribution in [3.05, 3.63) is 69.9 Å². The van der Waals surface area contributed by atoms with E-state index in [4.69, 9.17) is 0 Å². The van der Waals surface area contributed by atoms with Crippen LogP contribution in [0.2, 0.25) is 0 Å². The van der Waals surface area contributed by atoms with Crippen molar-refractivity contribution in [1.29, 1.82) is 0 Å². The molecule has 92 valence electrons. The second kappa shape index (κ2) is 5.78. The van der Waals surface area contributed by atoms with Crippen LogP contribution in [0.15, 0.2) is 53.0 Å². The molecule has 1 amide bonds. The molecule has 0 bridgehead atoms. The van der Waals surface area contributed by atoms with Crippen molar-refractivity contribution < 1.29 is 9.18 Å². The Kier molecular flexibility index (Phi) is 4.10. The molecule has 0 aliphatic rings. The Bertz CT molecular complexity index is 557. The van der Waals surface area contributed by atoms with Crippen molar-refractivity contribution in [2.24, 2.45) is 0 Å². The Balaban J connectivity index is 2.02. The van der Waals surface area contributed by atoms with Gasteiger partial charge in [-0.05, 0) is 39.7 Å². The summed E-state index contributed by atoms with van der Waals surface area (Å²) in [5.74, 6) is -0.729. The highest BCUT2D eigenvalue weighted by atomic mass is 79.9. The van der Waals surface area contributed by atoms with E-state index in [0.717, 1.165) is 5.56 Å². The van der Waals surface area contributed by atoms with Crippen molar-refractivity contribution in [1.82, 2.24) is 5.32 Å². The first-order valence-corrected chi connectivity index (χ1v) is 6.23. The monoisotopic (exact) mass is 307 g/mol. The van der Waals surface area contributed by atoms with Crippen molar-refractivity contribution in [2.45, 2.75) is 6.54 Å². The first-order chi connectivity index (χ1) is 8.66. The molecule has 0 aliphatic heterocycles. The lowest BCUT2D eigenvalue weighted by Gasteiger charge is -2.05. The minimum Gasteiger partial charge on any atom is -0.348 e. The third-order valence-electron chi connectivity index (χ3n) is 2.48. The second-order valence-electron chi connectivity index (χ2n) is 3.80. The molecule has 2 nitrogen and oxygen atoms in total. The maximum absolute atomic E-state index is 13.3. The number of hydrogen-bond acceptors (Lipinski definition) is 1. The number of amides is 1. The zero-order valence-corrected chi connectivity index (χ0v) is 11.1. The van der Waals surface area contributed by atoms with Crippen LogP contribution >= 0.6 is 15.9 Å². The Labute approximate surface area is 113 Å². The van der Waals surface area contributed by atoms with E-state index in [0.29, 0.717) is 16.6 Å². The number of carbonyl (C=O) groups is 1. The Morgan fingerprint density at radius 3 is 2.56 bits per heavy atom. The Morgan fingerprint density at radius 2 is 1.89 bits per heavy atom. The van der Waals surface area contributed by atoms with E-state index in [-0.39, 0.29) is 5.91 Å². The minimum absolute atomic E-state index is 0.287. The van der Waals surface area contributed by atoms with Crippen molar-refractivity contribution in [3.8, 4) is 0 Å². The Hall–Kier alpha value is -1.68. The van der Waals surface area contributed by atoms with Gasteiger partial charge in [0.15, 0.2) is 0 Å². The van der Waals surface area contributed by atoms with Gasteiger partial charge in [-0.25, -0.2) is 4.39 Å². The third-order valence-corrected chi connectivity index (χ3v) is 3.12. The van der Waals surface area contributed by atoms with Gasteiger partial charge in [0.05, 0.1) is 4.47 Å². The van der Waals surface area contributed by atoms with Gasteiger partial charge in [0.1, 0.15) is 5.82 Å². The van der Waals surface area contributed by atoms with Gasteiger partial charge in [-0.15, -0.1) is 0 Å². The highest BCUT2D eigenvalue weighted by molar-refractivity contribution is 9.10. The molecule has 18 heavy (non-hydrogen) atoms. The quantitative estimate of drug-likeness (QED) is 0.923. The van der Waals surface area contributed by atoms with Crippen molar-refractivity contribution in [3.63, 3.8) is 0 Å². The Morgan fingerprint density at radius 1 is 1.17 bits per heavy atom. The molecule has 2 aromatic carbocycles. The van der Waals surface area contributed by atoms with Crippen LogP contribution in [0.5, 0.6) is 0 Å². The summed E-state index contributed by atoms with van der Waals surface area (Å²) in [5, 5.41) is 2.74. The molecule has 0 atom stereocenters. The number of rotatable bonds is 3. The molecular weight excluding hydrogens is 297 g/mol. The molecule has 0 heterocycles. The van der Waals surface area contributed by atoms with Gasteiger partial charge in [0, 0.05) is 12.1 Å². The van der Waals surface area contributed by atoms with Crippen LogP contribution in [0.1, 0.15) is 15.9 Å². The van der Waals surface area contributed by atoms with Gasteiger partial charge >= 0.3 is 0 Å². The van der Waals surface area contributed by atoms with Crippen LogP contribution in [0, 0.1) is 5.82 Å². The summed E-state index contributed by atoms with van der Waals surface area (Å²) in [7, 11) is 0. The fourth-order valence-corrected chi connectivity index (χ4v) is 1.76. The summed E-state index contributed by atoms with van der Waals surface area (Å²) in [4.78, 5) is 11.8. The maximum Gasteiger partial charge on any atom is 0.251 e. The largest absolute Gasteiger partial charge is 0.348 e. The molecule has 4 heteroatoms. The lowest BCUT2D eigenvalue weighted by atomic mass is 10.2. The smallest absolute Gasteiger partial charge is 0.251 e. The summed E-state index contributed by atoms with van der Waals surface area (Å²) >= 11 is 3.05. The van der Waals surface area contributed by atoms with E-state index >= 15 is 0 Å². The fraction of sp³-hybridized carbons (Fsp3) is 0.0714. The van der Waals surface area contributed by atoms with Crippen LogP contribution in [0.3, 0.4) is 0 Å². The van der Waals surface area contributed by atoms with Crippen LogP contribution in [-0.2, 0) is 6.54 Å². The van der Waals surface area contributed by atoms with Crippen LogP contribution in [0.25, 0.3) is 0 Å². The highest BCUT2D eigenvalue weighted by Gasteiger charge is 2.08. The summed E-state index contributed by atoms with van der Waals surface area (Å²) in [6, 6.07) is 13.9. The molecule has 0 aliphatic carbocycles. The molecule has 2 aromatic rings. The lowest BCUT2D eigenvalue weighted by molar-refractivity contribution is 0.0950. The normalized spacial score (nSPS) is 10.1. The number of nitrogens with one attached hydrogen (secondary N) is 1. The maximum atomic E-state index is 13.3. The molecule has 0 radical (unpaired) electrons. The third kappa shape index (κ3) is 3.17. The van der Waals surface area contributed by atoms with E-state index < -0.39 is 5.82 Å². The van der Waals surface area contributed by atoms with Gasteiger partial charge < -0.3 is 5.32 Å². The summed E-state index contributed by atoms with van der Waals surface area (Å²) in [6.45, 7) is 0.428. The molecule has 0 spiro atoms. The van der Waals surface area contributed by atoms with Crippen molar-refractivity contribution >= 4 is 21.8 Å². The SMILES string of the molecule is O=C(NCc1ccccc1)c1ccc(Br)c(F)c1. The minimum atomic E-state index is -0.442. The standard InChI is InChI=1S/C14H11BrFNO/c15-12-7-6-11(8-13(12)16)14(18)17-9-10-4-2-1-3-5-10/h1-8H,9H2,(H,17,18). The number of carbonyl (C=O) groups excluding carboxylic acids is 1. The summed E-state index contributed by atoms with van der Waals surface area (Å²) < 4.78 is 13.6. The first kappa shape index (κ1) is 12.8. The number of hydrogen-bond donors (Lipinski definition) is 1. The lowest BCUT2D eigenvalue weighted by Crippen LogP contribution is -2.22. The van der Waals surface area contributed by atoms with Crippen LogP contribution < -0.4 is 5.32 Å². The zero-order valence-electron chi connectivity index (χ0n) is 9.49. The average molecular weight is 308 g/mol. The topological polar surface area (TPSA) is 29.1 Å². The molecule has 0 aromatic heterocycles. The second-order valence-corrected chi connectivity index (χ2v) is 4.65. The molecule has 1 N–H and O–H groups in total.